The summed E-state index contributed by atoms with van der Waals surface area (Å²) in [4.78, 5) is 6.09. The lowest BCUT2D eigenvalue weighted by atomic mass is 10.1. The number of para-hydroxylation sites is 1. The van der Waals surface area contributed by atoms with Crippen molar-refractivity contribution >= 4 is 10.9 Å². The molecule has 3 heteroatoms. The second kappa shape index (κ2) is 4.82. The molecule has 1 aliphatic rings. The monoisotopic (exact) mass is 229 g/mol. The lowest BCUT2D eigenvalue weighted by Gasteiger charge is -2.24. The molecule has 0 amide bonds. The van der Waals surface area contributed by atoms with Crippen LogP contribution in [0, 0.1) is 0 Å². The minimum atomic E-state index is 0.882. The van der Waals surface area contributed by atoms with Gasteiger partial charge in [0.25, 0.3) is 0 Å². The number of nitrogens with zero attached hydrogens (tertiary/aromatic N) is 1. The third-order valence-corrected chi connectivity index (χ3v) is 3.36. The van der Waals surface area contributed by atoms with Crippen LogP contribution in [-0.4, -0.2) is 31.3 Å². The van der Waals surface area contributed by atoms with E-state index < -0.39 is 0 Å². The maximum absolute atomic E-state index is 5.39. The highest BCUT2D eigenvalue weighted by Crippen LogP contribution is 2.14. The van der Waals surface area contributed by atoms with E-state index in [0.29, 0.717) is 0 Å². The van der Waals surface area contributed by atoms with Crippen LogP contribution < -0.4 is 4.90 Å². The van der Waals surface area contributed by atoms with E-state index in [1.807, 2.05) is 12.3 Å². The van der Waals surface area contributed by atoms with Crippen molar-refractivity contribution in [1.29, 1.82) is 0 Å². The number of benzene rings is 1. The third-order valence-electron chi connectivity index (χ3n) is 3.36. The predicted octanol–water partition coefficient (Wildman–Crippen LogP) is 0.650. The zero-order chi connectivity index (χ0) is 11.5. The predicted molar refractivity (Wildman–Crippen MR) is 67.0 cm³/mol. The Morgan fingerprint density at radius 1 is 1.12 bits per heavy atom. The van der Waals surface area contributed by atoms with Crippen LogP contribution in [0.1, 0.15) is 5.56 Å². The molecule has 0 radical (unpaired) electrons. The smallest absolute Gasteiger partial charge is 0.105 e. The maximum Gasteiger partial charge on any atom is 0.105 e. The second-order valence-corrected chi connectivity index (χ2v) is 4.53. The van der Waals surface area contributed by atoms with Gasteiger partial charge in [0.05, 0.1) is 18.7 Å². The summed E-state index contributed by atoms with van der Waals surface area (Å²) >= 11 is 0. The number of aromatic nitrogens is 1. The second-order valence-electron chi connectivity index (χ2n) is 4.53. The molecule has 0 aliphatic carbocycles. The van der Waals surface area contributed by atoms with E-state index in [2.05, 4.69) is 29.2 Å². The van der Waals surface area contributed by atoms with Crippen LogP contribution in [0.3, 0.4) is 0 Å². The Balaban J connectivity index is 1.89. The summed E-state index contributed by atoms with van der Waals surface area (Å²) in [5.41, 5.74) is 2.49. The highest BCUT2D eigenvalue weighted by atomic mass is 16.5. The topological polar surface area (TPSA) is 26.6 Å². The van der Waals surface area contributed by atoms with E-state index >= 15 is 0 Å². The quantitative estimate of drug-likeness (QED) is 0.818. The Morgan fingerprint density at radius 3 is 2.82 bits per heavy atom. The number of hydrogen-bond donors (Lipinski definition) is 1. The molecule has 1 aromatic carbocycles. The van der Waals surface area contributed by atoms with E-state index in [1.165, 1.54) is 10.9 Å². The molecule has 88 valence electrons. The van der Waals surface area contributed by atoms with E-state index in [4.69, 9.17) is 4.74 Å². The SMILES string of the molecule is c1cnc2c(C[NH+]3CCOCC3)cccc2c1. The first-order chi connectivity index (χ1) is 8.43. The van der Waals surface area contributed by atoms with Gasteiger partial charge >= 0.3 is 0 Å². The van der Waals surface area contributed by atoms with Crippen LogP contribution >= 0.6 is 0 Å². The van der Waals surface area contributed by atoms with Gasteiger partial charge in [0.1, 0.15) is 19.6 Å². The normalized spacial score (nSPS) is 17.4. The minimum Gasteiger partial charge on any atom is -0.370 e. The Kier molecular flexibility index (Phi) is 3.03. The molecule has 0 spiro atoms. The number of fused-ring (bicyclic) bond motifs is 1. The van der Waals surface area contributed by atoms with Gasteiger partial charge in [-0.2, -0.15) is 0 Å². The van der Waals surface area contributed by atoms with Crippen LogP contribution in [0.25, 0.3) is 10.9 Å². The molecule has 1 N–H and O–H groups in total. The molecular formula is C14H17N2O+. The largest absolute Gasteiger partial charge is 0.370 e. The Labute approximate surface area is 101 Å². The van der Waals surface area contributed by atoms with Gasteiger partial charge in [-0.05, 0) is 6.07 Å². The fourth-order valence-electron chi connectivity index (χ4n) is 2.42. The number of ether oxygens (including phenoxy) is 1. The van der Waals surface area contributed by atoms with Gasteiger partial charge in [0, 0.05) is 17.1 Å². The fourth-order valence-corrected chi connectivity index (χ4v) is 2.42. The van der Waals surface area contributed by atoms with Gasteiger partial charge in [-0.25, -0.2) is 0 Å². The van der Waals surface area contributed by atoms with Crippen LogP contribution in [0.4, 0.5) is 0 Å². The summed E-state index contributed by atoms with van der Waals surface area (Å²) in [5, 5.41) is 1.23. The van der Waals surface area contributed by atoms with E-state index in [9.17, 15) is 0 Å². The first-order valence-corrected chi connectivity index (χ1v) is 6.17. The van der Waals surface area contributed by atoms with Gasteiger partial charge in [-0.15, -0.1) is 0 Å². The van der Waals surface area contributed by atoms with Gasteiger partial charge in [-0.3, -0.25) is 4.98 Å². The van der Waals surface area contributed by atoms with E-state index in [-0.39, 0.29) is 0 Å². The Morgan fingerprint density at radius 2 is 1.94 bits per heavy atom. The lowest BCUT2D eigenvalue weighted by Crippen LogP contribution is -3.12. The molecule has 3 nitrogen and oxygen atoms in total. The van der Waals surface area contributed by atoms with Crippen molar-refractivity contribution in [3.8, 4) is 0 Å². The van der Waals surface area contributed by atoms with Gasteiger partial charge in [-0.1, -0.05) is 24.3 Å². The number of pyridine rings is 1. The number of quaternary nitrogens is 1. The average molecular weight is 229 g/mol. The van der Waals surface area contributed by atoms with Gasteiger partial charge in [0.15, 0.2) is 0 Å². The van der Waals surface area contributed by atoms with Crippen LogP contribution in [0.2, 0.25) is 0 Å². The molecule has 0 saturated carbocycles. The molecule has 17 heavy (non-hydrogen) atoms. The van der Waals surface area contributed by atoms with Crippen molar-refractivity contribution in [3.05, 3.63) is 42.1 Å². The lowest BCUT2D eigenvalue weighted by molar-refractivity contribution is -0.921. The van der Waals surface area contributed by atoms with Crippen molar-refractivity contribution in [1.82, 2.24) is 4.98 Å². The average Bonchev–Trinajstić information content (AvgIpc) is 2.40. The maximum atomic E-state index is 5.39. The van der Waals surface area contributed by atoms with Gasteiger partial charge in [0.2, 0.25) is 0 Å². The third kappa shape index (κ3) is 2.30. The molecule has 3 rings (SSSR count). The summed E-state index contributed by atoms with van der Waals surface area (Å²) < 4.78 is 5.39. The van der Waals surface area contributed by atoms with Crippen LogP contribution in [-0.2, 0) is 11.3 Å². The molecule has 1 fully saturated rings. The molecule has 1 saturated heterocycles. The zero-order valence-corrected chi connectivity index (χ0v) is 9.86. The van der Waals surface area contributed by atoms with E-state index in [1.54, 1.807) is 4.90 Å². The van der Waals surface area contributed by atoms with Crippen molar-refractivity contribution < 1.29 is 9.64 Å². The Bertz CT molecular complexity index is 501. The molecule has 2 aromatic rings. The standard InChI is InChI=1S/C14H16N2O/c1-3-12-5-2-6-15-14(12)13(4-1)11-16-7-9-17-10-8-16/h1-6H,7-11H2/p+1. The molecule has 1 aliphatic heterocycles. The van der Waals surface area contributed by atoms with Crippen molar-refractivity contribution in [3.63, 3.8) is 0 Å². The van der Waals surface area contributed by atoms with E-state index in [0.717, 1.165) is 38.4 Å². The summed E-state index contributed by atoms with van der Waals surface area (Å²) in [6, 6.07) is 10.6. The zero-order valence-electron chi connectivity index (χ0n) is 9.86. The fraction of sp³-hybridized carbons (Fsp3) is 0.357. The van der Waals surface area contributed by atoms with Crippen molar-refractivity contribution in [2.24, 2.45) is 0 Å². The summed E-state index contributed by atoms with van der Waals surface area (Å²) in [5.74, 6) is 0. The first kappa shape index (κ1) is 10.7. The number of nitrogens with one attached hydrogen (secondary N) is 1. The molecule has 1 aromatic heterocycles. The van der Waals surface area contributed by atoms with Crippen molar-refractivity contribution in [2.75, 3.05) is 26.3 Å². The number of morpholine rings is 1. The molecule has 0 atom stereocenters. The minimum absolute atomic E-state index is 0.882. The molecule has 0 bridgehead atoms. The molecule has 2 heterocycles. The summed E-state index contributed by atoms with van der Waals surface area (Å²) in [6.45, 7) is 5.02. The van der Waals surface area contributed by atoms with Crippen LogP contribution in [0.5, 0.6) is 0 Å². The first-order valence-electron chi connectivity index (χ1n) is 6.17. The number of rotatable bonds is 2. The Hall–Kier alpha value is -1.45. The van der Waals surface area contributed by atoms with Crippen molar-refractivity contribution in [2.45, 2.75) is 6.54 Å². The highest BCUT2D eigenvalue weighted by molar-refractivity contribution is 5.81. The number of hydrogen-bond acceptors (Lipinski definition) is 2. The highest BCUT2D eigenvalue weighted by Gasteiger charge is 2.15. The van der Waals surface area contributed by atoms with Gasteiger partial charge < -0.3 is 9.64 Å². The summed E-state index contributed by atoms with van der Waals surface area (Å²) in [7, 11) is 0. The summed E-state index contributed by atoms with van der Waals surface area (Å²) in [6.07, 6.45) is 1.88. The molecule has 0 unspecified atom stereocenters. The van der Waals surface area contributed by atoms with Crippen LogP contribution in [0.15, 0.2) is 36.5 Å². The molecular weight excluding hydrogens is 212 g/mol.